The van der Waals surface area contributed by atoms with E-state index in [0.29, 0.717) is 12.1 Å². The molecule has 1 aliphatic rings. The minimum Gasteiger partial charge on any atom is -0.350 e. The van der Waals surface area contributed by atoms with E-state index in [1.807, 2.05) is 30.3 Å². The minimum atomic E-state index is -0.258. The number of pyridine rings is 1. The molecule has 2 aromatic rings. The number of nitrogens with one attached hydrogen (secondary N) is 2. The lowest BCUT2D eigenvalue weighted by atomic mass is 10.1. The Morgan fingerprint density at radius 1 is 1.04 bits per heavy atom. The molecule has 0 unspecified atom stereocenters. The number of carbonyl (C=O) groups excluding carboxylic acids is 2. The average molecular weight is 337 g/mol. The Kier molecular flexibility index (Phi) is 5.77. The summed E-state index contributed by atoms with van der Waals surface area (Å²) in [6, 6.07) is 13.4. The summed E-state index contributed by atoms with van der Waals surface area (Å²) in [5.41, 5.74) is 1.92. The molecule has 0 spiro atoms. The second-order valence-corrected chi connectivity index (χ2v) is 6.38. The maximum absolute atomic E-state index is 12.3. The van der Waals surface area contributed by atoms with Crippen LogP contribution in [-0.4, -0.2) is 29.4 Å². The second kappa shape index (κ2) is 8.42. The molecule has 1 aliphatic carbocycles. The average Bonchev–Trinajstić information content (AvgIpc) is 3.15. The van der Waals surface area contributed by atoms with Crippen LogP contribution in [0.3, 0.4) is 0 Å². The van der Waals surface area contributed by atoms with Crippen molar-refractivity contribution in [2.24, 2.45) is 0 Å². The number of hydrogen-bond acceptors (Lipinski definition) is 3. The molecular formula is C20H23N3O2. The molecule has 1 aromatic heterocycles. The summed E-state index contributed by atoms with van der Waals surface area (Å²) in [6.07, 6.45) is 6.66. The van der Waals surface area contributed by atoms with Crippen LogP contribution >= 0.6 is 0 Å². The zero-order valence-electron chi connectivity index (χ0n) is 14.2. The number of rotatable bonds is 6. The molecular weight excluding hydrogens is 314 g/mol. The summed E-state index contributed by atoms with van der Waals surface area (Å²) in [7, 11) is 0. The van der Waals surface area contributed by atoms with Gasteiger partial charge in [0.25, 0.3) is 11.8 Å². The van der Waals surface area contributed by atoms with Crippen molar-refractivity contribution in [2.75, 3.05) is 6.54 Å². The Hall–Kier alpha value is -2.69. The first-order valence-corrected chi connectivity index (χ1v) is 8.81. The van der Waals surface area contributed by atoms with Gasteiger partial charge in [-0.15, -0.1) is 0 Å². The minimum absolute atomic E-state index is 0.132. The van der Waals surface area contributed by atoms with E-state index >= 15 is 0 Å². The first-order valence-electron chi connectivity index (χ1n) is 8.81. The molecule has 1 saturated carbocycles. The van der Waals surface area contributed by atoms with Gasteiger partial charge >= 0.3 is 0 Å². The van der Waals surface area contributed by atoms with Gasteiger partial charge in [-0.25, -0.2) is 0 Å². The predicted molar refractivity (Wildman–Crippen MR) is 96.4 cm³/mol. The predicted octanol–water partition coefficient (Wildman–Crippen LogP) is 2.73. The third-order valence-electron chi connectivity index (χ3n) is 4.49. The molecule has 0 aliphatic heterocycles. The summed E-state index contributed by atoms with van der Waals surface area (Å²) >= 11 is 0. The van der Waals surface area contributed by atoms with Crippen molar-refractivity contribution in [3.63, 3.8) is 0 Å². The van der Waals surface area contributed by atoms with E-state index in [0.717, 1.165) is 32.1 Å². The van der Waals surface area contributed by atoms with Crippen LogP contribution in [0.5, 0.6) is 0 Å². The summed E-state index contributed by atoms with van der Waals surface area (Å²) in [5, 5.41) is 5.88. The van der Waals surface area contributed by atoms with Gasteiger partial charge < -0.3 is 10.6 Å². The highest BCUT2D eigenvalue weighted by molar-refractivity contribution is 5.98. The molecule has 1 fully saturated rings. The van der Waals surface area contributed by atoms with Crippen LogP contribution < -0.4 is 10.6 Å². The number of amides is 2. The van der Waals surface area contributed by atoms with Gasteiger partial charge in [0, 0.05) is 24.3 Å². The Labute approximate surface area is 147 Å². The summed E-state index contributed by atoms with van der Waals surface area (Å²) < 4.78 is 0. The third-order valence-corrected chi connectivity index (χ3v) is 4.49. The maximum Gasteiger partial charge on any atom is 0.269 e. The zero-order chi connectivity index (χ0) is 17.5. The van der Waals surface area contributed by atoms with Crippen LogP contribution in [-0.2, 0) is 6.42 Å². The number of benzene rings is 1. The van der Waals surface area contributed by atoms with Gasteiger partial charge in [-0.05, 0) is 37.0 Å². The molecule has 2 amide bonds. The largest absolute Gasteiger partial charge is 0.350 e. The molecule has 1 aromatic carbocycles. The SMILES string of the molecule is O=C(NC1CCCC1)c1ccnc(C(=O)NCCc2ccccc2)c1. The molecule has 2 N–H and O–H groups in total. The van der Waals surface area contributed by atoms with Crippen LogP contribution in [0, 0.1) is 0 Å². The van der Waals surface area contributed by atoms with Crippen LogP contribution in [0.15, 0.2) is 48.7 Å². The molecule has 5 nitrogen and oxygen atoms in total. The fraction of sp³-hybridized carbons (Fsp3) is 0.350. The van der Waals surface area contributed by atoms with Gasteiger partial charge in [-0.2, -0.15) is 0 Å². The quantitative estimate of drug-likeness (QED) is 0.851. The maximum atomic E-state index is 12.3. The first kappa shape index (κ1) is 17.1. The molecule has 130 valence electrons. The third kappa shape index (κ3) is 4.89. The van der Waals surface area contributed by atoms with Crippen LogP contribution in [0.2, 0.25) is 0 Å². The van der Waals surface area contributed by atoms with Gasteiger partial charge in [0.2, 0.25) is 0 Å². The second-order valence-electron chi connectivity index (χ2n) is 6.38. The number of hydrogen-bond donors (Lipinski definition) is 2. The standard InChI is InChI=1S/C20H23N3O2/c24-19(23-17-8-4-5-9-17)16-11-13-21-18(14-16)20(25)22-12-10-15-6-2-1-3-7-15/h1-3,6-7,11,13-14,17H,4-5,8-10,12H2,(H,22,25)(H,23,24). The first-order chi connectivity index (χ1) is 12.2. The van der Waals surface area contributed by atoms with Crippen molar-refractivity contribution < 1.29 is 9.59 Å². The molecule has 0 bridgehead atoms. The number of aromatic nitrogens is 1. The highest BCUT2D eigenvalue weighted by Crippen LogP contribution is 2.18. The zero-order valence-corrected chi connectivity index (χ0v) is 14.2. The van der Waals surface area contributed by atoms with Gasteiger partial charge in [0.15, 0.2) is 0 Å². The fourth-order valence-electron chi connectivity index (χ4n) is 3.09. The van der Waals surface area contributed by atoms with Gasteiger partial charge in [-0.1, -0.05) is 43.2 Å². The smallest absolute Gasteiger partial charge is 0.269 e. The molecule has 0 saturated heterocycles. The van der Waals surface area contributed by atoms with Gasteiger partial charge in [0.1, 0.15) is 5.69 Å². The Balaban J connectivity index is 1.54. The van der Waals surface area contributed by atoms with Gasteiger partial charge in [0.05, 0.1) is 0 Å². The number of carbonyl (C=O) groups is 2. The Morgan fingerprint density at radius 3 is 2.56 bits per heavy atom. The molecule has 25 heavy (non-hydrogen) atoms. The van der Waals surface area contributed by atoms with E-state index in [9.17, 15) is 9.59 Å². The molecule has 1 heterocycles. The number of nitrogens with zero attached hydrogens (tertiary/aromatic N) is 1. The van der Waals surface area contributed by atoms with E-state index in [4.69, 9.17) is 0 Å². The molecule has 5 heteroatoms. The van der Waals surface area contributed by atoms with E-state index in [1.165, 1.54) is 11.8 Å². The highest BCUT2D eigenvalue weighted by Gasteiger charge is 2.18. The fourth-order valence-corrected chi connectivity index (χ4v) is 3.09. The normalized spacial score (nSPS) is 14.2. The van der Waals surface area contributed by atoms with E-state index in [1.54, 1.807) is 12.1 Å². The van der Waals surface area contributed by atoms with Crippen molar-refractivity contribution in [1.82, 2.24) is 15.6 Å². The lowest BCUT2D eigenvalue weighted by Crippen LogP contribution is -2.33. The molecule has 0 atom stereocenters. The van der Waals surface area contributed by atoms with E-state index in [-0.39, 0.29) is 23.6 Å². The Morgan fingerprint density at radius 2 is 1.80 bits per heavy atom. The van der Waals surface area contributed by atoms with Crippen LogP contribution in [0.1, 0.15) is 52.1 Å². The van der Waals surface area contributed by atoms with Crippen molar-refractivity contribution in [1.29, 1.82) is 0 Å². The van der Waals surface area contributed by atoms with Crippen molar-refractivity contribution in [2.45, 2.75) is 38.1 Å². The van der Waals surface area contributed by atoms with Crippen molar-refractivity contribution in [3.8, 4) is 0 Å². The van der Waals surface area contributed by atoms with Crippen molar-refractivity contribution in [3.05, 3.63) is 65.5 Å². The molecule has 0 radical (unpaired) electrons. The molecule has 3 rings (SSSR count). The van der Waals surface area contributed by atoms with Crippen LogP contribution in [0.25, 0.3) is 0 Å². The topological polar surface area (TPSA) is 71.1 Å². The lowest BCUT2D eigenvalue weighted by Gasteiger charge is -2.12. The van der Waals surface area contributed by atoms with Gasteiger partial charge in [-0.3, -0.25) is 14.6 Å². The lowest BCUT2D eigenvalue weighted by molar-refractivity contribution is 0.0937. The Bertz CT molecular complexity index is 725. The summed E-state index contributed by atoms with van der Waals surface area (Å²) in [6.45, 7) is 0.531. The highest BCUT2D eigenvalue weighted by atomic mass is 16.2. The van der Waals surface area contributed by atoms with Crippen LogP contribution in [0.4, 0.5) is 0 Å². The van der Waals surface area contributed by atoms with Crippen molar-refractivity contribution >= 4 is 11.8 Å². The van der Waals surface area contributed by atoms with E-state index < -0.39 is 0 Å². The summed E-state index contributed by atoms with van der Waals surface area (Å²) in [5.74, 6) is -0.390. The summed E-state index contributed by atoms with van der Waals surface area (Å²) in [4.78, 5) is 28.6. The van der Waals surface area contributed by atoms with E-state index in [2.05, 4.69) is 15.6 Å². The monoisotopic (exact) mass is 337 g/mol.